The molecule has 0 N–H and O–H groups in total. The second-order valence-electron chi connectivity index (χ2n) is 8.70. The van der Waals surface area contributed by atoms with Gasteiger partial charge in [0.15, 0.2) is 5.69 Å². The molecule has 2 heterocycles. The largest absolute Gasteiger partial charge is 0.464 e. The number of likely N-dealkylation sites (tertiary alicyclic amines) is 1. The standard InChI is InChI=1S/C27H27N3O7/c1-17-14-15-30(27(34)36-16-18-10-6-4-7-11-18)21(17)23-28-20(26(33)35-3)22(24(31)29(23)2)37-25(32)19-12-8-5-9-13-19/h4-13,17,21H,14-16H2,1-3H3/t17?,21-/m0/s1. The molecule has 10 heteroatoms. The van der Waals surface area contributed by atoms with Gasteiger partial charge in [-0.15, -0.1) is 0 Å². The Morgan fingerprint density at radius 1 is 1.00 bits per heavy atom. The summed E-state index contributed by atoms with van der Waals surface area (Å²) in [6.45, 7) is 2.39. The van der Waals surface area contributed by atoms with Gasteiger partial charge >= 0.3 is 18.0 Å². The lowest BCUT2D eigenvalue weighted by Crippen LogP contribution is -2.38. The minimum atomic E-state index is -0.946. The van der Waals surface area contributed by atoms with Crippen LogP contribution in [-0.4, -0.2) is 46.1 Å². The Morgan fingerprint density at radius 2 is 1.65 bits per heavy atom. The van der Waals surface area contributed by atoms with E-state index in [1.807, 2.05) is 37.3 Å². The summed E-state index contributed by atoms with van der Waals surface area (Å²) in [6, 6.07) is 16.7. The maximum Gasteiger partial charge on any atom is 0.410 e. The third kappa shape index (κ3) is 5.37. The highest BCUT2D eigenvalue weighted by Crippen LogP contribution is 2.37. The number of methoxy groups -OCH3 is 1. The zero-order valence-corrected chi connectivity index (χ0v) is 20.7. The lowest BCUT2D eigenvalue weighted by molar-refractivity contribution is 0.0582. The molecule has 0 spiro atoms. The predicted octanol–water partition coefficient (Wildman–Crippen LogP) is 3.51. The van der Waals surface area contributed by atoms with Gasteiger partial charge in [0.2, 0.25) is 5.75 Å². The van der Waals surface area contributed by atoms with Crippen LogP contribution < -0.4 is 10.3 Å². The van der Waals surface area contributed by atoms with E-state index in [1.165, 1.54) is 28.6 Å². The molecule has 0 bridgehead atoms. The number of esters is 2. The topological polar surface area (TPSA) is 117 Å². The van der Waals surface area contributed by atoms with Crippen molar-refractivity contribution >= 4 is 18.0 Å². The summed E-state index contributed by atoms with van der Waals surface area (Å²) >= 11 is 0. The molecule has 2 aromatic carbocycles. The summed E-state index contributed by atoms with van der Waals surface area (Å²) in [5.74, 6) is -2.25. The Bertz CT molecular complexity index is 1360. The predicted molar refractivity (Wildman–Crippen MR) is 132 cm³/mol. The highest BCUT2D eigenvalue weighted by atomic mass is 16.6. The van der Waals surface area contributed by atoms with E-state index in [9.17, 15) is 19.2 Å². The second-order valence-corrected chi connectivity index (χ2v) is 8.70. The third-order valence-electron chi connectivity index (χ3n) is 6.27. The lowest BCUT2D eigenvalue weighted by Gasteiger charge is -2.27. The van der Waals surface area contributed by atoms with Crippen LogP contribution in [0.2, 0.25) is 0 Å². The van der Waals surface area contributed by atoms with Crippen molar-refractivity contribution in [3.8, 4) is 5.75 Å². The van der Waals surface area contributed by atoms with Crippen LogP contribution in [0, 0.1) is 5.92 Å². The number of ether oxygens (including phenoxy) is 3. The fourth-order valence-corrected chi connectivity index (χ4v) is 4.26. The Balaban J connectivity index is 1.68. The van der Waals surface area contributed by atoms with Crippen molar-refractivity contribution in [1.29, 1.82) is 0 Å². The number of aromatic nitrogens is 2. The van der Waals surface area contributed by atoms with Crippen molar-refractivity contribution in [3.63, 3.8) is 0 Å². The minimum Gasteiger partial charge on any atom is -0.464 e. The van der Waals surface area contributed by atoms with Gasteiger partial charge < -0.3 is 14.2 Å². The van der Waals surface area contributed by atoms with E-state index < -0.39 is 41.1 Å². The van der Waals surface area contributed by atoms with Crippen molar-refractivity contribution in [1.82, 2.24) is 14.5 Å². The summed E-state index contributed by atoms with van der Waals surface area (Å²) in [7, 11) is 2.58. The summed E-state index contributed by atoms with van der Waals surface area (Å²) < 4.78 is 16.9. The summed E-state index contributed by atoms with van der Waals surface area (Å²) in [5, 5.41) is 0. The SMILES string of the molecule is COC(=O)c1nc([C@@H]2C(C)CCN2C(=O)OCc2ccccc2)n(C)c(=O)c1OC(=O)c1ccccc1. The van der Waals surface area contributed by atoms with Crippen LogP contribution in [0.15, 0.2) is 65.5 Å². The zero-order valence-electron chi connectivity index (χ0n) is 20.7. The van der Waals surface area contributed by atoms with E-state index >= 15 is 0 Å². The molecule has 1 unspecified atom stereocenters. The first-order chi connectivity index (χ1) is 17.8. The van der Waals surface area contributed by atoms with Crippen molar-refractivity contribution in [2.24, 2.45) is 13.0 Å². The van der Waals surface area contributed by atoms with Gasteiger partial charge in [0, 0.05) is 13.6 Å². The number of rotatable bonds is 6. The first-order valence-electron chi connectivity index (χ1n) is 11.8. The van der Waals surface area contributed by atoms with Crippen molar-refractivity contribution in [3.05, 3.63) is 93.7 Å². The lowest BCUT2D eigenvalue weighted by atomic mass is 10.0. The van der Waals surface area contributed by atoms with Crippen LogP contribution >= 0.6 is 0 Å². The van der Waals surface area contributed by atoms with Crippen LogP contribution in [0.1, 0.15) is 51.6 Å². The molecule has 1 amide bonds. The van der Waals surface area contributed by atoms with Crippen molar-refractivity contribution in [2.75, 3.05) is 13.7 Å². The summed E-state index contributed by atoms with van der Waals surface area (Å²) in [4.78, 5) is 57.5. The molecule has 1 saturated heterocycles. The molecule has 1 aliphatic heterocycles. The van der Waals surface area contributed by atoms with Gasteiger partial charge in [-0.25, -0.2) is 19.4 Å². The number of amides is 1. The van der Waals surface area contributed by atoms with Gasteiger partial charge in [-0.3, -0.25) is 14.3 Å². The highest BCUT2D eigenvalue weighted by molar-refractivity contribution is 5.94. The van der Waals surface area contributed by atoms with Crippen molar-refractivity contribution in [2.45, 2.75) is 26.0 Å². The fraction of sp³-hybridized carbons (Fsp3) is 0.296. The van der Waals surface area contributed by atoms with E-state index in [-0.39, 0.29) is 23.9 Å². The number of carbonyl (C=O) groups is 3. The van der Waals surface area contributed by atoms with E-state index in [0.717, 1.165) is 12.7 Å². The maximum absolute atomic E-state index is 13.4. The first-order valence-corrected chi connectivity index (χ1v) is 11.8. The Hall–Kier alpha value is -4.47. The number of hydrogen-bond acceptors (Lipinski definition) is 8. The number of nitrogens with zero attached hydrogens (tertiary/aromatic N) is 3. The smallest absolute Gasteiger partial charge is 0.410 e. The molecule has 1 fully saturated rings. The average molecular weight is 506 g/mol. The average Bonchev–Trinajstić information content (AvgIpc) is 3.31. The van der Waals surface area contributed by atoms with E-state index in [0.29, 0.717) is 13.0 Å². The molecule has 10 nitrogen and oxygen atoms in total. The molecule has 3 aromatic rings. The highest BCUT2D eigenvalue weighted by Gasteiger charge is 2.40. The number of carbonyl (C=O) groups excluding carboxylic acids is 3. The molecule has 2 atom stereocenters. The minimum absolute atomic E-state index is 0.0887. The molecule has 0 saturated carbocycles. The molecule has 1 aliphatic rings. The van der Waals surface area contributed by atoms with Crippen LogP contribution in [-0.2, 0) is 23.1 Å². The van der Waals surface area contributed by atoms with Crippen LogP contribution in [0.5, 0.6) is 5.75 Å². The van der Waals surface area contributed by atoms with E-state index in [4.69, 9.17) is 14.2 Å². The summed E-state index contributed by atoms with van der Waals surface area (Å²) in [5.41, 5.74) is -0.170. The van der Waals surface area contributed by atoms with Crippen LogP contribution in [0.25, 0.3) is 0 Å². The first kappa shape index (κ1) is 25.6. The molecule has 0 radical (unpaired) electrons. The molecular weight excluding hydrogens is 478 g/mol. The van der Waals surface area contributed by atoms with Gasteiger partial charge in [-0.1, -0.05) is 55.5 Å². The normalized spacial score (nSPS) is 16.8. The van der Waals surface area contributed by atoms with Gasteiger partial charge in [0.1, 0.15) is 12.4 Å². The summed E-state index contributed by atoms with van der Waals surface area (Å²) in [6.07, 6.45) is 0.0749. The second kappa shape index (κ2) is 11.1. The molecular formula is C27H27N3O7. The third-order valence-corrected chi connectivity index (χ3v) is 6.27. The maximum atomic E-state index is 13.4. The molecule has 37 heavy (non-hydrogen) atoms. The molecule has 4 rings (SSSR count). The quantitative estimate of drug-likeness (QED) is 0.467. The molecule has 1 aromatic heterocycles. The van der Waals surface area contributed by atoms with E-state index in [1.54, 1.807) is 18.2 Å². The van der Waals surface area contributed by atoms with Gasteiger partial charge in [-0.2, -0.15) is 0 Å². The van der Waals surface area contributed by atoms with Gasteiger partial charge in [0.05, 0.1) is 18.7 Å². The molecule has 192 valence electrons. The van der Waals surface area contributed by atoms with Crippen LogP contribution in [0.3, 0.4) is 0 Å². The van der Waals surface area contributed by atoms with E-state index in [2.05, 4.69) is 4.98 Å². The van der Waals surface area contributed by atoms with Gasteiger partial charge in [-0.05, 0) is 30.0 Å². The Labute approximate surface area is 213 Å². The van der Waals surface area contributed by atoms with Crippen LogP contribution in [0.4, 0.5) is 4.79 Å². The van der Waals surface area contributed by atoms with Crippen molar-refractivity contribution < 1.29 is 28.6 Å². The monoisotopic (exact) mass is 505 g/mol. The van der Waals surface area contributed by atoms with Gasteiger partial charge in [0.25, 0.3) is 5.56 Å². The molecule has 0 aliphatic carbocycles. The Kier molecular flexibility index (Phi) is 7.66. The number of hydrogen-bond donors (Lipinski definition) is 0. The zero-order chi connectivity index (χ0) is 26.5. The fourth-order valence-electron chi connectivity index (χ4n) is 4.26. The number of benzene rings is 2. The Morgan fingerprint density at radius 3 is 2.30 bits per heavy atom.